The zero-order valence-corrected chi connectivity index (χ0v) is 14.8. The van der Waals surface area contributed by atoms with Gasteiger partial charge in [-0.05, 0) is 43.1 Å². The fourth-order valence-electron chi connectivity index (χ4n) is 4.08. The van der Waals surface area contributed by atoms with E-state index in [1.807, 2.05) is 17.8 Å². The van der Waals surface area contributed by atoms with Crippen molar-refractivity contribution in [3.05, 3.63) is 22.9 Å². The summed E-state index contributed by atoms with van der Waals surface area (Å²) in [5.41, 5.74) is 3.30. The van der Waals surface area contributed by atoms with Crippen LogP contribution in [0, 0.1) is 11.3 Å². The third-order valence-electron chi connectivity index (χ3n) is 5.52. The maximum atomic E-state index is 9.49. The van der Waals surface area contributed by atoms with Gasteiger partial charge in [-0.2, -0.15) is 17.0 Å². The van der Waals surface area contributed by atoms with E-state index >= 15 is 0 Å². The number of hydrogen-bond acceptors (Lipinski definition) is 6. The van der Waals surface area contributed by atoms with Gasteiger partial charge in [0.25, 0.3) is 0 Å². The maximum Gasteiger partial charge on any atom is 0.144 e. The first-order valence-corrected chi connectivity index (χ1v) is 10.0. The van der Waals surface area contributed by atoms with Crippen molar-refractivity contribution in [2.75, 3.05) is 49.7 Å². The van der Waals surface area contributed by atoms with E-state index in [-0.39, 0.29) is 5.54 Å². The lowest BCUT2D eigenvalue weighted by molar-refractivity contribution is -0.00922. The minimum absolute atomic E-state index is 0.169. The van der Waals surface area contributed by atoms with Crippen molar-refractivity contribution in [3.63, 3.8) is 0 Å². The molecule has 0 radical (unpaired) electrons. The molecule has 1 atom stereocenters. The number of thioether (sulfide) groups is 1. The lowest BCUT2D eigenvalue weighted by Gasteiger charge is -2.43. The molecule has 6 heteroatoms. The van der Waals surface area contributed by atoms with Gasteiger partial charge in [-0.1, -0.05) is 0 Å². The van der Waals surface area contributed by atoms with Gasteiger partial charge in [0.1, 0.15) is 11.9 Å². The first-order valence-electron chi connectivity index (χ1n) is 8.88. The van der Waals surface area contributed by atoms with Crippen LogP contribution in [0.5, 0.6) is 0 Å². The van der Waals surface area contributed by atoms with E-state index in [9.17, 15) is 5.26 Å². The fourth-order valence-corrected chi connectivity index (χ4v) is 5.55. The van der Waals surface area contributed by atoms with Crippen LogP contribution in [0.3, 0.4) is 0 Å². The number of nitriles is 1. The Labute approximate surface area is 147 Å². The Kier molecular flexibility index (Phi) is 4.66. The van der Waals surface area contributed by atoms with Crippen molar-refractivity contribution < 1.29 is 4.74 Å². The van der Waals surface area contributed by atoms with Gasteiger partial charge in [0.2, 0.25) is 0 Å². The van der Waals surface area contributed by atoms with Crippen LogP contribution in [-0.4, -0.2) is 59.8 Å². The second kappa shape index (κ2) is 6.91. The van der Waals surface area contributed by atoms with Crippen molar-refractivity contribution in [1.29, 1.82) is 5.26 Å². The molecule has 2 fully saturated rings. The molecule has 1 unspecified atom stereocenters. The Hall–Kier alpha value is -1.29. The topological polar surface area (TPSA) is 61.2 Å². The molecular formula is C18H24N4OS. The van der Waals surface area contributed by atoms with E-state index < -0.39 is 0 Å². The summed E-state index contributed by atoms with van der Waals surface area (Å²) in [6.45, 7) is 4.52. The number of ether oxygens (including phenoxy) is 1. The van der Waals surface area contributed by atoms with Crippen LogP contribution in [0.15, 0.2) is 6.07 Å². The summed E-state index contributed by atoms with van der Waals surface area (Å²) in [7, 11) is 0. The second-order valence-corrected chi connectivity index (χ2v) is 8.04. The molecule has 1 aromatic rings. The Morgan fingerprint density at radius 2 is 2.25 bits per heavy atom. The zero-order chi connectivity index (χ0) is 16.4. The highest BCUT2D eigenvalue weighted by Crippen LogP contribution is 2.35. The lowest BCUT2D eigenvalue weighted by atomic mass is 9.95. The number of pyridine rings is 1. The number of nitrogens with one attached hydrogen (secondary N) is 1. The Bertz CT molecular complexity index is 645. The number of morpholine rings is 1. The van der Waals surface area contributed by atoms with Gasteiger partial charge >= 0.3 is 0 Å². The molecule has 0 saturated carbocycles. The van der Waals surface area contributed by atoms with Crippen LogP contribution in [-0.2, 0) is 17.6 Å². The molecular weight excluding hydrogens is 320 g/mol. The molecule has 1 N–H and O–H groups in total. The highest BCUT2D eigenvalue weighted by molar-refractivity contribution is 7.99. The van der Waals surface area contributed by atoms with E-state index in [4.69, 9.17) is 9.72 Å². The highest BCUT2D eigenvalue weighted by Gasteiger charge is 2.40. The molecule has 1 aliphatic carbocycles. The first kappa shape index (κ1) is 16.2. The third kappa shape index (κ3) is 3.01. The number of hydrogen-bond donors (Lipinski definition) is 1. The summed E-state index contributed by atoms with van der Waals surface area (Å²) in [6.07, 6.45) is 4.45. The van der Waals surface area contributed by atoms with Gasteiger partial charge in [-0.15, -0.1) is 0 Å². The average Bonchev–Trinajstić information content (AvgIpc) is 3.29. The molecule has 0 bridgehead atoms. The molecule has 1 aromatic heterocycles. The summed E-state index contributed by atoms with van der Waals surface area (Å²) in [6, 6.07) is 4.37. The van der Waals surface area contributed by atoms with Gasteiger partial charge in [-0.3, -0.25) is 4.90 Å². The number of aryl methyl sites for hydroxylation is 2. The van der Waals surface area contributed by atoms with Crippen molar-refractivity contribution in [2.45, 2.75) is 31.2 Å². The molecule has 24 heavy (non-hydrogen) atoms. The van der Waals surface area contributed by atoms with Gasteiger partial charge in [0.15, 0.2) is 0 Å². The number of aromatic nitrogens is 1. The Morgan fingerprint density at radius 1 is 1.38 bits per heavy atom. The summed E-state index contributed by atoms with van der Waals surface area (Å²) < 4.78 is 5.53. The first-order chi connectivity index (χ1) is 11.8. The van der Waals surface area contributed by atoms with Crippen molar-refractivity contribution in [2.24, 2.45) is 0 Å². The van der Waals surface area contributed by atoms with Crippen LogP contribution in [0.25, 0.3) is 0 Å². The standard InChI is InChI=1S/C18H24N4OS/c19-11-15-10-14-2-1-3-16(14)21-17(15)20-12-18(4-9-24-13-18)22-5-7-23-8-6-22/h10H,1-9,12-13H2,(H,20,21). The quantitative estimate of drug-likeness (QED) is 0.902. The SMILES string of the molecule is N#Cc1cc2c(nc1NCC1(N3CCOCC3)CCSC1)CCC2. The molecule has 3 heterocycles. The minimum Gasteiger partial charge on any atom is -0.379 e. The molecule has 128 valence electrons. The smallest absolute Gasteiger partial charge is 0.144 e. The normalized spacial score (nSPS) is 27.0. The molecule has 4 rings (SSSR count). The number of rotatable bonds is 4. The highest BCUT2D eigenvalue weighted by atomic mass is 32.2. The summed E-state index contributed by atoms with van der Waals surface area (Å²) in [4.78, 5) is 7.36. The summed E-state index contributed by atoms with van der Waals surface area (Å²) in [5.74, 6) is 3.14. The van der Waals surface area contributed by atoms with Crippen molar-refractivity contribution >= 4 is 17.6 Å². The van der Waals surface area contributed by atoms with Gasteiger partial charge in [0, 0.05) is 36.6 Å². The second-order valence-electron chi connectivity index (χ2n) is 6.94. The molecule has 3 aliphatic rings. The van der Waals surface area contributed by atoms with E-state index in [0.717, 1.165) is 63.7 Å². The summed E-state index contributed by atoms with van der Waals surface area (Å²) >= 11 is 2.03. The monoisotopic (exact) mass is 344 g/mol. The molecule has 5 nitrogen and oxygen atoms in total. The number of fused-ring (bicyclic) bond motifs is 1. The predicted octanol–water partition coefficient (Wildman–Crippen LogP) is 2.06. The van der Waals surface area contributed by atoms with Crippen LogP contribution in [0.1, 0.15) is 29.7 Å². The molecule has 0 aromatic carbocycles. The van der Waals surface area contributed by atoms with E-state index in [1.54, 1.807) is 0 Å². The Balaban J connectivity index is 1.53. The minimum atomic E-state index is 0.169. The third-order valence-corrected chi connectivity index (χ3v) is 6.75. The maximum absolute atomic E-state index is 9.49. The van der Waals surface area contributed by atoms with Crippen LogP contribution in [0.4, 0.5) is 5.82 Å². The van der Waals surface area contributed by atoms with Gasteiger partial charge in [-0.25, -0.2) is 4.98 Å². The lowest BCUT2D eigenvalue weighted by Crippen LogP contribution is -2.57. The summed E-state index contributed by atoms with van der Waals surface area (Å²) in [5, 5.41) is 13.0. The van der Waals surface area contributed by atoms with Gasteiger partial charge in [0.05, 0.1) is 18.8 Å². The Morgan fingerprint density at radius 3 is 3.00 bits per heavy atom. The largest absolute Gasteiger partial charge is 0.379 e. The molecule has 2 saturated heterocycles. The van der Waals surface area contributed by atoms with E-state index in [2.05, 4.69) is 16.3 Å². The number of nitrogens with zero attached hydrogens (tertiary/aromatic N) is 3. The van der Waals surface area contributed by atoms with Crippen LogP contribution in [0.2, 0.25) is 0 Å². The van der Waals surface area contributed by atoms with Crippen LogP contribution < -0.4 is 5.32 Å². The number of anilines is 1. The van der Waals surface area contributed by atoms with E-state index in [1.165, 1.54) is 23.4 Å². The molecule has 2 aliphatic heterocycles. The average molecular weight is 344 g/mol. The molecule has 0 spiro atoms. The van der Waals surface area contributed by atoms with Crippen LogP contribution >= 0.6 is 11.8 Å². The van der Waals surface area contributed by atoms with E-state index in [0.29, 0.717) is 5.56 Å². The van der Waals surface area contributed by atoms with Crippen molar-refractivity contribution in [1.82, 2.24) is 9.88 Å². The molecule has 0 amide bonds. The van der Waals surface area contributed by atoms with Crippen molar-refractivity contribution in [3.8, 4) is 6.07 Å². The zero-order valence-electron chi connectivity index (χ0n) is 14.0. The van der Waals surface area contributed by atoms with Gasteiger partial charge < -0.3 is 10.1 Å². The fraction of sp³-hybridized carbons (Fsp3) is 0.667. The predicted molar refractivity (Wildman–Crippen MR) is 96.5 cm³/mol.